The van der Waals surface area contributed by atoms with Crippen LogP contribution in [0.15, 0.2) is 54.6 Å². The van der Waals surface area contributed by atoms with E-state index in [9.17, 15) is 14.4 Å². The highest BCUT2D eigenvalue weighted by Crippen LogP contribution is 2.12. The predicted octanol–water partition coefficient (Wildman–Crippen LogP) is 3.19. The van der Waals surface area contributed by atoms with Crippen molar-refractivity contribution in [1.29, 1.82) is 0 Å². The normalized spacial score (nSPS) is 12.6. The Balaban J connectivity index is 1.99. The topological polar surface area (TPSA) is 111 Å². The first-order valence-electron chi connectivity index (χ1n) is 10.1. The molecule has 2 aromatic carbocycles. The fourth-order valence-electron chi connectivity index (χ4n) is 2.96. The van der Waals surface area contributed by atoms with Gasteiger partial charge >= 0.3 is 6.09 Å². The van der Waals surface area contributed by atoms with E-state index in [2.05, 4.69) is 10.6 Å². The van der Waals surface area contributed by atoms with E-state index >= 15 is 0 Å². The number of alkyl carbamates (subject to hydrolysis) is 1. The molecule has 2 aromatic rings. The van der Waals surface area contributed by atoms with E-state index in [1.807, 2.05) is 44.2 Å². The molecule has 0 fully saturated rings. The van der Waals surface area contributed by atoms with Crippen molar-refractivity contribution in [2.45, 2.75) is 45.4 Å². The van der Waals surface area contributed by atoms with Gasteiger partial charge in [0.1, 0.15) is 18.7 Å². The number of nitrogens with one attached hydrogen (secondary N) is 2. The van der Waals surface area contributed by atoms with Crippen LogP contribution in [0.3, 0.4) is 0 Å². The molecule has 0 spiro atoms. The lowest BCUT2D eigenvalue weighted by Crippen LogP contribution is -2.54. The van der Waals surface area contributed by atoms with Crippen molar-refractivity contribution in [2.24, 2.45) is 11.7 Å². The first-order valence-corrected chi connectivity index (χ1v) is 10.4. The van der Waals surface area contributed by atoms with Crippen molar-refractivity contribution in [3.63, 3.8) is 0 Å². The molecule has 0 saturated carbocycles. The molecule has 7 nitrogen and oxygen atoms in total. The summed E-state index contributed by atoms with van der Waals surface area (Å²) in [5.74, 6) is -1.05. The standard InChI is InChI=1S/C23H28ClN3O4/c1-15(2)12-20(27-23(30)31-14-17-6-4-3-5-7-17)22(29)26-19(21(25)28)13-16-8-10-18(24)11-9-16/h3-11,15,19-20H,12-14H2,1-2H3,(H2,25,28)(H,26,29)(H,27,30)/t19-,20-/m0/s1. The summed E-state index contributed by atoms with van der Waals surface area (Å²) < 4.78 is 5.22. The Morgan fingerprint density at radius 2 is 1.58 bits per heavy atom. The van der Waals surface area contributed by atoms with Crippen LogP contribution >= 0.6 is 11.6 Å². The molecule has 2 rings (SSSR count). The number of nitrogens with two attached hydrogens (primary N) is 1. The van der Waals surface area contributed by atoms with Crippen molar-refractivity contribution < 1.29 is 19.1 Å². The van der Waals surface area contributed by atoms with E-state index in [4.69, 9.17) is 22.1 Å². The lowest BCUT2D eigenvalue weighted by atomic mass is 10.0. The highest BCUT2D eigenvalue weighted by Gasteiger charge is 2.27. The summed E-state index contributed by atoms with van der Waals surface area (Å²) >= 11 is 5.88. The summed E-state index contributed by atoms with van der Waals surface area (Å²) in [6.45, 7) is 3.94. The molecule has 0 aliphatic carbocycles. The highest BCUT2D eigenvalue weighted by molar-refractivity contribution is 6.30. The SMILES string of the molecule is CC(C)C[C@H](NC(=O)OCc1ccccc1)C(=O)N[C@@H](Cc1ccc(Cl)cc1)C(N)=O. The van der Waals surface area contributed by atoms with Gasteiger partial charge in [-0.1, -0.05) is 67.9 Å². The molecule has 0 heterocycles. The van der Waals surface area contributed by atoms with E-state index in [1.165, 1.54) is 0 Å². The third-order valence-corrected chi connectivity index (χ3v) is 4.79. The van der Waals surface area contributed by atoms with Crippen LogP contribution in [0, 0.1) is 5.92 Å². The molecule has 0 aliphatic rings. The number of carbonyl (C=O) groups is 3. The van der Waals surface area contributed by atoms with E-state index < -0.39 is 30.0 Å². The second-order valence-electron chi connectivity index (χ2n) is 7.68. The zero-order chi connectivity index (χ0) is 22.8. The van der Waals surface area contributed by atoms with Crippen LogP contribution in [0.5, 0.6) is 0 Å². The van der Waals surface area contributed by atoms with E-state index in [-0.39, 0.29) is 18.9 Å². The number of rotatable bonds is 10. The summed E-state index contributed by atoms with van der Waals surface area (Å²) in [4.78, 5) is 37.0. The van der Waals surface area contributed by atoms with Crippen LogP contribution in [0.1, 0.15) is 31.4 Å². The summed E-state index contributed by atoms with van der Waals surface area (Å²) in [5, 5.41) is 5.81. The summed E-state index contributed by atoms with van der Waals surface area (Å²) in [5.41, 5.74) is 7.11. The van der Waals surface area contributed by atoms with Gasteiger partial charge < -0.3 is 21.1 Å². The molecule has 8 heteroatoms. The largest absolute Gasteiger partial charge is 0.445 e. The first-order chi connectivity index (χ1) is 14.7. The predicted molar refractivity (Wildman–Crippen MR) is 119 cm³/mol. The highest BCUT2D eigenvalue weighted by atomic mass is 35.5. The zero-order valence-electron chi connectivity index (χ0n) is 17.6. The molecule has 0 radical (unpaired) electrons. The second-order valence-corrected chi connectivity index (χ2v) is 8.12. The van der Waals surface area contributed by atoms with Gasteiger partial charge in [-0.05, 0) is 35.6 Å². The third-order valence-electron chi connectivity index (χ3n) is 4.54. The molecule has 166 valence electrons. The maximum atomic E-state index is 12.8. The Kier molecular flexibility index (Phi) is 9.34. The number of benzene rings is 2. The smallest absolute Gasteiger partial charge is 0.408 e. The molecule has 0 bridgehead atoms. The van der Waals surface area contributed by atoms with Crippen molar-refractivity contribution in [1.82, 2.24) is 10.6 Å². The lowest BCUT2D eigenvalue weighted by molar-refractivity contribution is -0.128. The van der Waals surface area contributed by atoms with Crippen molar-refractivity contribution >= 4 is 29.5 Å². The number of halogens is 1. The third kappa shape index (κ3) is 8.68. The van der Waals surface area contributed by atoms with Gasteiger partial charge in [0, 0.05) is 11.4 Å². The minimum Gasteiger partial charge on any atom is -0.445 e. The Bertz CT molecular complexity index is 872. The van der Waals surface area contributed by atoms with Gasteiger partial charge in [0.15, 0.2) is 0 Å². The molecule has 0 saturated heterocycles. The summed E-state index contributed by atoms with van der Waals surface area (Å²) in [7, 11) is 0. The molecule has 31 heavy (non-hydrogen) atoms. The zero-order valence-corrected chi connectivity index (χ0v) is 18.4. The van der Waals surface area contributed by atoms with Gasteiger partial charge in [-0.15, -0.1) is 0 Å². The molecule has 4 N–H and O–H groups in total. The number of primary amides is 1. The fourth-order valence-corrected chi connectivity index (χ4v) is 3.09. The molecular formula is C23H28ClN3O4. The second kappa shape index (κ2) is 12.0. The summed E-state index contributed by atoms with van der Waals surface area (Å²) in [6.07, 6.45) is -0.123. The average Bonchev–Trinajstić information content (AvgIpc) is 2.73. The van der Waals surface area contributed by atoms with Crippen LogP contribution < -0.4 is 16.4 Å². The van der Waals surface area contributed by atoms with Crippen molar-refractivity contribution in [3.8, 4) is 0 Å². The van der Waals surface area contributed by atoms with Crippen LogP contribution in [0.2, 0.25) is 5.02 Å². The van der Waals surface area contributed by atoms with Crippen molar-refractivity contribution in [3.05, 3.63) is 70.7 Å². The molecule has 3 amide bonds. The lowest BCUT2D eigenvalue weighted by Gasteiger charge is -2.23. The van der Waals surface area contributed by atoms with Crippen molar-refractivity contribution in [2.75, 3.05) is 0 Å². The van der Waals surface area contributed by atoms with E-state index in [0.717, 1.165) is 11.1 Å². The minimum atomic E-state index is -0.925. The molecule has 0 aliphatic heterocycles. The number of carbonyl (C=O) groups excluding carboxylic acids is 3. The van der Waals surface area contributed by atoms with Gasteiger partial charge in [-0.3, -0.25) is 9.59 Å². The minimum absolute atomic E-state index is 0.0865. The summed E-state index contributed by atoms with van der Waals surface area (Å²) in [6, 6.07) is 14.3. The van der Waals surface area contributed by atoms with Crippen LogP contribution in [0.4, 0.5) is 4.79 Å². The quantitative estimate of drug-likeness (QED) is 0.521. The van der Waals surface area contributed by atoms with Gasteiger partial charge in [0.2, 0.25) is 11.8 Å². The Labute approximate surface area is 187 Å². The molecule has 0 unspecified atom stereocenters. The van der Waals surface area contributed by atoms with Gasteiger partial charge in [-0.25, -0.2) is 4.79 Å². The fraction of sp³-hybridized carbons (Fsp3) is 0.348. The van der Waals surface area contributed by atoms with Gasteiger partial charge in [-0.2, -0.15) is 0 Å². The van der Waals surface area contributed by atoms with Gasteiger partial charge in [0.25, 0.3) is 0 Å². The first kappa shape index (κ1) is 24.2. The molecular weight excluding hydrogens is 418 g/mol. The number of amides is 3. The number of hydrogen-bond acceptors (Lipinski definition) is 4. The number of ether oxygens (including phenoxy) is 1. The van der Waals surface area contributed by atoms with Crippen LogP contribution in [-0.2, 0) is 27.4 Å². The molecule has 0 aromatic heterocycles. The Hall–Kier alpha value is -3.06. The number of hydrogen-bond donors (Lipinski definition) is 3. The Morgan fingerprint density at radius 1 is 0.935 bits per heavy atom. The molecule has 2 atom stereocenters. The monoisotopic (exact) mass is 445 g/mol. The van der Waals surface area contributed by atoms with Gasteiger partial charge in [0.05, 0.1) is 0 Å². The van der Waals surface area contributed by atoms with Crippen LogP contribution in [-0.4, -0.2) is 30.0 Å². The average molecular weight is 446 g/mol. The maximum absolute atomic E-state index is 12.8. The van der Waals surface area contributed by atoms with Crippen LogP contribution in [0.25, 0.3) is 0 Å². The Morgan fingerprint density at radius 3 is 2.16 bits per heavy atom. The van der Waals surface area contributed by atoms with E-state index in [1.54, 1.807) is 24.3 Å². The van der Waals surface area contributed by atoms with E-state index in [0.29, 0.717) is 11.4 Å². The maximum Gasteiger partial charge on any atom is 0.408 e.